The minimum Gasteiger partial charge on any atom is -0.375 e. The zero-order chi connectivity index (χ0) is 22.2. The van der Waals surface area contributed by atoms with Crippen molar-refractivity contribution in [1.29, 1.82) is 0 Å². The number of carbonyl (C=O) groups is 1. The topological polar surface area (TPSA) is 75.0 Å². The Kier molecular flexibility index (Phi) is 5.47. The average Bonchev–Trinajstić information content (AvgIpc) is 3.38. The van der Waals surface area contributed by atoms with Gasteiger partial charge in [0, 0.05) is 30.2 Å². The van der Waals surface area contributed by atoms with Gasteiger partial charge in [0.1, 0.15) is 5.69 Å². The van der Waals surface area contributed by atoms with Crippen LogP contribution in [0.1, 0.15) is 40.0 Å². The summed E-state index contributed by atoms with van der Waals surface area (Å²) >= 11 is 1.39. The van der Waals surface area contributed by atoms with Gasteiger partial charge in [0.15, 0.2) is 5.13 Å². The molecule has 0 radical (unpaired) electrons. The Morgan fingerprint density at radius 2 is 2.00 bits per heavy atom. The molecule has 1 aliphatic carbocycles. The fraction of sp³-hybridized carbons (Fsp3) is 0.308. The van der Waals surface area contributed by atoms with E-state index < -0.39 is 0 Å². The number of amides is 1. The van der Waals surface area contributed by atoms with Crippen LogP contribution in [0.25, 0.3) is 21.3 Å². The quantitative estimate of drug-likeness (QED) is 0.390. The zero-order valence-corrected chi connectivity index (χ0v) is 19.3. The number of aromatic amines is 1. The lowest BCUT2D eigenvalue weighted by Gasteiger charge is -2.22. The Morgan fingerprint density at radius 3 is 2.78 bits per heavy atom. The summed E-state index contributed by atoms with van der Waals surface area (Å²) in [4.78, 5) is 24.4. The minimum absolute atomic E-state index is 0.0163. The third kappa shape index (κ3) is 4.28. The molecule has 2 heterocycles. The Morgan fingerprint density at radius 1 is 1.19 bits per heavy atom. The second-order valence-electron chi connectivity index (χ2n) is 8.91. The van der Waals surface area contributed by atoms with E-state index in [1.807, 2.05) is 17.0 Å². The van der Waals surface area contributed by atoms with Gasteiger partial charge in [-0.05, 0) is 62.3 Å². The summed E-state index contributed by atoms with van der Waals surface area (Å²) in [7, 11) is 0. The smallest absolute Gasteiger partial charge is 0.274 e. The Balaban J connectivity index is 1.42. The molecule has 0 aliphatic heterocycles. The van der Waals surface area contributed by atoms with E-state index in [-0.39, 0.29) is 5.91 Å². The van der Waals surface area contributed by atoms with Gasteiger partial charge in [-0.3, -0.25) is 4.79 Å². The number of nitrogens with zero attached hydrogens (tertiary/aromatic N) is 2. The lowest BCUT2D eigenvalue weighted by molar-refractivity contribution is 0.0745. The van der Waals surface area contributed by atoms with E-state index >= 15 is 0 Å². The van der Waals surface area contributed by atoms with Crippen molar-refractivity contribution in [3.8, 4) is 10.4 Å². The SMILES string of the molecule is Cc1cccc(-c2sc(N)nc2C(=O)N(CCc2c[nH]c3ccc(C)cc23)CC2CC2)c1. The molecular formula is C26H28N4OS. The minimum atomic E-state index is -0.0163. The van der Waals surface area contributed by atoms with Gasteiger partial charge in [-0.25, -0.2) is 4.98 Å². The fourth-order valence-corrected chi connectivity index (χ4v) is 5.08. The molecule has 6 heteroatoms. The normalized spacial score (nSPS) is 13.6. The van der Waals surface area contributed by atoms with Crippen molar-refractivity contribution in [2.24, 2.45) is 5.92 Å². The molecule has 0 bridgehead atoms. The number of nitrogens with one attached hydrogen (secondary N) is 1. The maximum atomic E-state index is 13.7. The van der Waals surface area contributed by atoms with Crippen LogP contribution >= 0.6 is 11.3 Å². The van der Waals surface area contributed by atoms with E-state index in [1.54, 1.807) is 0 Å². The van der Waals surface area contributed by atoms with Crippen LogP contribution < -0.4 is 5.73 Å². The number of aromatic nitrogens is 2. The van der Waals surface area contributed by atoms with E-state index in [4.69, 9.17) is 5.73 Å². The van der Waals surface area contributed by atoms with Crippen LogP contribution in [0.2, 0.25) is 0 Å². The van der Waals surface area contributed by atoms with Gasteiger partial charge < -0.3 is 15.6 Å². The number of nitrogen functional groups attached to an aromatic ring is 1. The van der Waals surface area contributed by atoms with Gasteiger partial charge in [-0.1, -0.05) is 52.8 Å². The number of hydrogen-bond acceptors (Lipinski definition) is 4. The second-order valence-corrected chi connectivity index (χ2v) is 9.94. The molecule has 2 aromatic heterocycles. The molecule has 32 heavy (non-hydrogen) atoms. The van der Waals surface area contributed by atoms with Crippen molar-refractivity contribution in [3.63, 3.8) is 0 Å². The molecule has 1 amide bonds. The molecule has 0 spiro atoms. The number of hydrogen-bond donors (Lipinski definition) is 2. The van der Waals surface area contributed by atoms with Crippen molar-refractivity contribution in [1.82, 2.24) is 14.9 Å². The molecule has 0 atom stereocenters. The highest BCUT2D eigenvalue weighted by atomic mass is 32.1. The highest BCUT2D eigenvalue weighted by molar-refractivity contribution is 7.19. The van der Waals surface area contributed by atoms with Gasteiger partial charge in [-0.2, -0.15) is 0 Å². The molecule has 1 fully saturated rings. The number of nitrogens with two attached hydrogens (primary N) is 1. The number of H-pyrrole nitrogens is 1. The molecule has 2 aromatic carbocycles. The molecule has 0 saturated heterocycles. The highest BCUT2D eigenvalue weighted by Gasteiger charge is 2.30. The number of carbonyl (C=O) groups excluding carboxylic acids is 1. The molecule has 1 saturated carbocycles. The standard InChI is InChI=1S/C26H28N4OS/c1-16-4-3-5-19(12-16)24-23(29-26(27)32-24)25(31)30(15-18-7-8-18)11-10-20-14-28-22-9-6-17(2)13-21(20)22/h3-6,9,12-14,18,28H,7-8,10-11,15H2,1-2H3,(H2,27,29). The number of thiazole rings is 1. The first-order valence-electron chi connectivity index (χ1n) is 11.2. The predicted octanol–water partition coefficient (Wildman–Crippen LogP) is 5.59. The van der Waals surface area contributed by atoms with Gasteiger partial charge >= 0.3 is 0 Å². The van der Waals surface area contributed by atoms with Crippen molar-refractivity contribution in [2.75, 3.05) is 18.8 Å². The van der Waals surface area contributed by atoms with Crippen molar-refractivity contribution in [3.05, 3.63) is 71.0 Å². The third-order valence-corrected chi connectivity index (χ3v) is 7.10. The first kappa shape index (κ1) is 20.8. The van der Waals surface area contributed by atoms with Crippen molar-refractivity contribution in [2.45, 2.75) is 33.1 Å². The number of anilines is 1. The maximum Gasteiger partial charge on any atom is 0.274 e. The number of aryl methyl sites for hydroxylation is 2. The molecule has 164 valence electrons. The average molecular weight is 445 g/mol. The van der Waals surface area contributed by atoms with Gasteiger partial charge in [0.05, 0.1) is 4.88 Å². The molecule has 0 unspecified atom stereocenters. The zero-order valence-electron chi connectivity index (χ0n) is 18.5. The van der Waals surface area contributed by atoms with Crippen molar-refractivity contribution < 1.29 is 4.79 Å². The van der Waals surface area contributed by atoms with E-state index in [9.17, 15) is 4.79 Å². The summed E-state index contributed by atoms with van der Waals surface area (Å²) in [6.07, 6.45) is 5.27. The number of rotatable bonds is 7. The molecule has 4 aromatic rings. The summed E-state index contributed by atoms with van der Waals surface area (Å²) in [5, 5.41) is 1.67. The first-order valence-corrected chi connectivity index (χ1v) is 12.0. The van der Waals surface area contributed by atoms with E-state index in [0.717, 1.165) is 34.5 Å². The molecular weight excluding hydrogens is 416 g/mol. The highest BCUT2D eigenvalue weighted by Crippen LogP contribution is 2.35. The largest absolute Gasteiger partial charge is 0.375 e. The van der Waals surface area contributed by atoms with Gasteiger partial charge in [0.25, 0.3) is 5.91 Å². The lowest BCUT2D eigenvalue weighted by atomic mass is 10.1. The summed E-state index contributed by atoms with van der Waals surface area (Å²) < 4.78 is 0. The lowest BCUT2D eigenvalue weighted by Crippen LogP contribution is -2.35. The van der Waals surface area contributed by atoms with Gasteiger partial charge in [-0.15, -0.1) is 0 Å². The first-order chi connectivity index (χ1) is 15.5. The number of fused-ring (bicyclic) bond motifs is 1. The van der Waals surface area contributed by atoms with Crippen LogP contribution in [0.15, 0.2) is 48.7 Å². The fourth-order valence-electron chi connectivity index (χ4n) is 4.26. The molecule has 3 N–H and O–H groups in total. The maximum absolute atomic E-state index is 13.7. The summed E-state index contributed by atoms with van der Waals surface area (Å²) in [5.74, 6) is 0.583. The summed E-state index contributed by atoms with van der Waals surface area (Å²) in [6, 6.07) is 14.6. The molecule has 1 aliphatic rings. The summed E-state index contributed by atoms with van der Waals surface area (Å²) in [6.45, 7) is 5.61. The van der Waals surface area contributed by atoms with Crippen LogP contribution in [0.4, 0.5) is 5.13 Å². The third-order valence-electron chi connectivity index (χ3n) is 6.16. The van der Waals surface area contributed by atoms with E-state index in [2.05, 4.69) is 60.3 Å². The molecule has 5 nitrogen and oxygen atoms in total. The predicted molar refractivity (Wildman–Crippen MR) is 132 cm³/mol. The van der Waals surface area contributed by atoms with Crippen LogP contribution in [-0.4, -0.2) is 33.9 Å². The van der Waals surface area contributed by atoms with Gasteiger partial charge in [0.2, 0.25) is 0 Å². The van der Waals surface area contributed by atoms with Crippen molar-refractivity contribution >= 4 is 33.3 Å². The molecule has 5 rings (SSSR count). The van der Waals surface area contributed by atoms with Crippen LogP contribution in [0.5, 0.6) is 0 Å². The van der Waals surface area contributed by atoms with E-state index in [1.165, 1.54) is 40.7 Å². The van der Waals surface area contributed by atoms with E-state index in [0.29, 0.717) is 23.3 Å². The monoisotopic (exact) mass is 444 g/mol. The Hall–Kier alpha value is -3.12. The Bertz CT molecular complexity index is 1280. The summed E-state index contributed by atoms with van der Waals surface area (Å²) in [5.41, 5.74) is 12.3. The number of benzene rings is 2. The van der Waals surface area contributed by atoms with Crippen LogP contribution in [0.3, 0.4) is 0 Å². The van der Waals surface area contributed by atoms with Crippen LogP contribution in [-0.2, 0) is 6.42 Å². The Labute approximate surface area is 192 Å². The second kappa shape index (κ2) is 8.43. The van der Waals surface area contributed by atoms with Crippen LogP contribution in [0, 0.1) is 19.8 Å².